The van der Waals surface area contributed by atoms with Gasteiger partial charge >= 0.3 is 0 Å². The first-order chi connectivity index (χ1) is 9.82. The standard InChI is InChI=1S/C16H26N4O.HI/c1-18(2)15(21)14-9-7-8-13(12-14)10-11-17-16(19(3)4)20(5)6;/h7-9,12H,10-11H2,1-6H3;1H. The molecule has 0 aliphatic rings. The van der Waals surface area contributed by atoms with Crippen LogP contribution in [-0.2, 0) is 6.42 Å². The average molecular weight is 418 g/mol. The van der Waals surface area contributed by atoms with E-state index in [2.05, 4.69) is 4.99 Å². The number of halogens is 1. The number of carbonyl (C=O) groups excluding carboxylic acids is 1. The summed E-state index contributed by atoms with van der Waals surface area (Å²) in [7, 11) is 11.5. The lowest BCUT2D eigenvalue weighted by Crippen LogP contribution is -2.35. The summed E-state index contributed by atoms with van der Waals surface area (Å²) >= 11 is 0. The summed E-state index contributed by atoms with van der Waals surface area (Å²) in [5.74, 6) is 0.971. The molecule has 0 aromatic heterocycles. The van der Waals surface area contributed by atoms with Crippen LogP contribution in [0.1, 0.15) is 15.9 Å². The zero-order chi connectivity index (χ0) is 16.0. The molecular formula is C16H27IN4O. The van der Waals surface area contributed by atoms with Gasteiger partial charge in [0.25, 0.3) is 5.91 Å². The molecule has 0 unspecified atom stereocenters. The molecule has 0 heterocycles. The van der Waals surface area contributed by atoms with Crippen LogP contribution in [0.4, 0.5) is 0 Å². The molecule has 6 heteroatoms. The Morgan fingerprint density at radius 3 is 2.09 bits per heavy atom. The normalized spacial score (nSPS) is 9.55. The van der Waals surface area contributed by atoms with E-state index in [1.807, 2.05) is 62.3 Å². The lowest BCUT2D eigenvalue weighted by atomic mass is 10.1. The van der Waals surface area contributed by atoms with Crippen LogP contribution in [0.15, 0.2) is 29.3 Å². The van der Waals surface area contributed by atoms with Gasteiger partial charge in [0.05, 0.1) is 0 Å². The topological polar surface area (TPSA) is 39.2 Å². The zero-order valence-electron chi connectivity index (χ0n) is 14.3. The number of hydrogen-bond acceptors (Lipinski definition) is 2. The highest BCUT2D eigenvalue weighted by molar-refractivity contribution is 14.0. The van der Waals surface area contributed by atoms with Gasteiger partial charge in [-0.05, 0) is 24.1 Å². The SMILES string of the molecule is CN(C)C(=O)c1cccc(CCN=C(N(C)C)N(C)C)c1.I. The van der Waals surface area contributed by atoms with E-state index in [1.54, 1.807) is 19.0 Å². The van der Waals surface area contributed by atoms with Crippen molar-refractivity contribution in [3.8, 4) is 0 Å². The fraction of sp³-hybridized carbons (Fsp3) is 0.500. The maximum atomic E-state index is 11.9. The zero-order valence-corrected chi connectivity index (χ0v) is 16.7. The number of nitrogens with zero attached hydrogens (tertiary/aromatic N) is 4. The minimum atomic E-state index is 0. The van der Waals surface area contributed by atoms with Crippen molar-refractivity contribution in [3.05, 3.63) is 35.4 Å². The fourth-order valence-corrected chi connectivity index (χ4v) is 2.09. The first-order valence-corrected chi connectivity index (χ1v) is 7.02. The number of amides is 1. The molecule has 0 aliphatic heterocycles. The van der Waals surface area contributed by atoms with E-state index < -0.39 is 0 Å². The second-order valence-corrected chi connectivity index (χ2v) is 5.62. The number of carbonyl (C=O) groups is 1. The number of rotatable bonds is 4. The quantitative estimate of drug-likeness (QED) is 0.427. The third-order valence-corrected chi connectivity index (χ3v) is 3.03. The summed E-state index contributed by atoms with van der Waals surface area (Å²) in [4.78, 5) is 22.1. The molecule has 0 atom stereocenters. The Labute approximate surface area is 151 Å². The van der Waals surface area contributed by atoms with Crippen molar-refractivity contribution in [2.24, 2.45) is 4.99 Å². The van der Waals surface area contributed by atoms with Crippen LogP contribution in [-0.4, -0.2) is 75.4 Å². The van der Waals surface area contributed by atoms with E-state index in [4.69, 9.17) is 0 Å². The molecule has 0 fully saturated rings. The van der Waals surface area contributed by atoms with Gasteiger partial charge in [-0.3, -0.25) is 9.79 Å². The maximum absolute atomic E-state index is 11.9. The monoisotopic (exact) mass is 418 g/mol. The number of aliphatic imine (C=N–C) groups is 1. The van der Waals surface area contributed by atoms with Gasteiger partial charge in [-0.25, -0.2) is 0 Å². The minimum absolute atomic E-state index is 0. The van der Waals surface area contributed by atoms with Crippen LogP contribution in [0, 0.1) is 0 Å². The van der Waals surface area contributed by atoms with Gasteiger partial charge in [-0.1, -0.05) is 12.1 Å². The Morgan fingerprint density at radius 1 is 1.00 bits per heavy atom. The average Bonchev–Trinajstić information content (AvgIpc) is 2.42. The first-order valence-electron chi connectivity index (χ1n) is 7.02. The summed E-state index contributed by atoms with van der Waals surface area (Å²) in [6.07, 6.45) is 0.819. The van der Waals surface area contributed by atoms with Crippen molar-refractivity contribution >= 4 is 35.8 Å². The summed E-state index contributed by atoms with van der Waals surface area (Å²) in [6, 6.07) is 7.75. The number of guanidine groups is 1. The molecular weight excluding hydrogens is 391 g/mol. The smallest absolute Gasteiger partial charge is 0.253 e. The molecule has 0 saturated heterocycles. The molecule has 0 saturated carbocycles. The van der Waals surface area contributed by atoms with E-state index in [0.29, 0.717) is 6.54 Å². The van der Waals surface area contributed by atoms with Crippen molar-refractivity contribution in [1.29, 1.82) is 0 Å². The minimum Gasteiger partial charge on any atom is -0.349 e. The summed E-state index contributed by atoms with van der Waals surface area (Å²) in [5.41, 5.74) is 1.85. The second-order valence-electron chi connectivity index (χ2n) is 5.62. The largest absolute Gasteiger partial charge is 0.349 e. The van der Waals surface area contributed by atoms with E-state index in [0.717, 1.165) is 23.5 Å². The molecule has 1 rings (SSSR count). The van der Waals surface area contributed by atoms with Gasteiger partial charge < -0.3 is 14.7 Å². The lowest BCUT2D eigenvalue weighted by Gasteiger charge is -2.22. The molecule has 0 radical (unpaired) electrons. The fourth-order valence-electron chi connectivity index (χ4n) is 2.09. The molecule has 0 N–H and O–H groups in total. The van der Waals surface area contributed by atoms with Crippen molar-refractivity contribution in [1.82, 2.24) is 14.7 Å². The first kappa shape index (κ1) is 20.7. The van der Waals surface area contributed by atoms with Crippen LogP contribution < -0.4 is 0 Å². The van der Waals surface area contributed by atoms with Crippen molar-refractivity contribution in [2.75, 3.05) is 48.8 Å². The molecule has 22 heavy (non-hydrogen) atoms. The van der Waals surface area contributed by atoms with E-state index in [-0.39, 0.29) is 29.9 Å². The second kappa shape index (κ2) is 9.66. The summed E-state index contributed by atoms with van der Waals surface area (Å²) in [6.45, 7) is 0.700. The van der Waals surface area contributed by atoms with Crippen LogP contribution in [0.5, 0.6) is 0 Å². The molecule has 1 aromatic carbocycles. The van der Waals surface area contributed by atoms with Crippen molar-refractivity contribution in [2.45, 2.75) is 6.42 Å². The van der Waals surface area contributed by atoms with Crippen LogP contribution in [0.2, 0.25) is 0 Å². The van der Waals surface area contributed by atoms with Gasteiger partial charge in [0.1, 0.15) is 0 Å². The van der Waals surface area contributed by atoms with Crippen molar-refractivity contribution < 1.29 is 4.79 Å². The van der Waals surface area contributed by atoms with E-state index in [1.165, 1.54) is 0 Å². The third kappa shape index (κ3) is 6.21. The van der Waals surface area contributed by atoms with Crippen molar-refractivity contribution in [3.63, 3.8) is 0 Å². The highest BCUT2D eigenvalue weighted by Crippen LogP contribution is 2.08. The highest BCUT2D eigenvalue weighted by atomic mass is 127. The van der Waals surface area contributed by atoms with E-state index >= 15 is 0 Å². The lowest BCUT2D eigenvalue weighted by molar-refractivity contribution is 0.0827. The molecule has 0 spiro atoms. The van der Waals surface area contributed by atoms with Gasteiger partial charge in [0.2, 0.25) is 0 Å². The number of benzene rings is 1. The molecule has 0 bridgehead atoms. The Bertz CT molecular complexity index is 503. The van der Waals surface area contributed by atoms with Gasteiger partial charge in [-0.15, -0.1) is 24.0 Å². The third-order valence-electron chi connectivity index (χ3n) is 3.03. The Balaban J connectivity index is 0.00000441. The Morgan fingerprint density at radius 2 is 1.59 bits per heavy atom. The van der Waals surface area contributed by atoms with Gasteiger partial charge in [0, 0.05) is 54.4 Å². The van der Waals surface area contributed by atoms with Crippen LogP contribution in [0.3, 0.4) is 0 Å². The molecule has 124 valence electrons. The van der Waals surface area contributed by atoms with Crippen LogP contribution in [0.25, 0.3) is 0 Å². The van der Waals surface area contributed by atoms with E-state index in [9.17, 15) is 4.79 Å². The molecule has 5 nitrogen and oxygen atoms in total. The predicted octanol–water partition coefficient (Wildman–Crippen LogP) is 2.03. The summed E-state index contributed by atoms with van der Waals surface area (Å²) in [5, 5.41) is 0. The highest BCUT2D eigenvalue weighted by Gasteiger charge is 2.08. The predicted molar refractivity (Wildman–Crippen MR) is 103 cm³/mol. The number of hydrogen-bond donors (Lipinski definition) is 0. The molecule has 0 aliphatic carbocycles. The molecule has 1 aromatic rings. The molecule has 1 amide bonds. The Kier molecular flexibility index (Phi) is 9.08. The van der Waals surface area contributed by atoms with Gasteiger partial charge in [0.15, 0.2) is 5.96 Å². The Hall–Kier alpha value is -1.31. The van der Waals surface area contributed by atoms with Crippen LogP contribution >= 0.6 is 24.0 Å². The summed E-state index contributed by atoms with van der Waals surface area (Å²) < 4.78 is 0. The van der Waals surface area contributed by atoms with Gasteiger partial charge in [-0.2, -0.15) is 0 Å². The maximum Gasteiger partial charge on any atom is 0.253 e.